The lowest BCUT2D eigenvalue weighted by Gasteiger charge is -2.00. The SMILES string of the molecule is CCCCCCCCc1ccccp1. The maximum absolute atomic E-state index is 2.27. The summed E-state index contributed by atoms with van der Waals surface area (Å²) in [5.74, 6) is 2.23. The zero-order valence-electron chi connectivity index (χ0n) is 9.21. The quantitative estimate of drug-likeness (QED) is 0.542. The van der Waals surface area contributed by atoms with Crippen LogP contribution in [0.5, 0.6) is 0 Å². The van der Waals surface area contributed by atoms with Gasteiger partial charge in [-0.2, -0.15) is 0 Å². The minimum Gasteiger partial charge on any atom is -0.0729 e. The van der Waals surface area contributed by atoms with Crippen LogP contribution in [0.3, 0.4) is 0 Å². The standard InChI is InChI=1S/C13H21P/c1-2-3-4-5-6-7-10-13-11-8-9-12-14-13/h8-9,11-12H,2-7,10H2,1H3. The van der Waals surface area contributed by atoms with Gasteiger partial charge in [0.2, 0.25) is 0 Å². The lowest BCUT2D eigenvalue weighted by Crippen LogP contribution is -1.83. The van der Waals surface area contributed by atoms with Crippen molar-refractivity contribution < 1.29 is 0 Å². The highest BCUT2D eigenvalue weighted by Crippen LogP contribution is 2.16. The molecule has 78 valence electrons. The third kappa shape index (κ3) is 5.40. The number of aryl methyl sites for hydroxylation is 1. The molecule has 1 heterocycles. The lowest BCUT2D eigenvalue weighted by atomic mass is 10.1. The zero-order valence-corrected chi connectivity index (χ0v) is 10.1. The average molecular weight is 208 g/mol. The summed E-state index contributed by atoms with van der Waals surface area (Å²) in [5.41, 5.74) is 0. The van der Waals surface area contributed by atoms with E-state index in [0.29, 0.717) is 0 Å². The topological polar surface area (TPSA) is 0 Å². The maximum Gasteiger partial charge on any atom is -0.0206 e. The number of hydrogen-bond acceptors (Lipinski definition) is 0. The molecule has 0 saturated heterocycles. The van der Waals surface area contributed by atoms with E-state index in [-0.39, 0.29) is 0 Å². The summed E-state index contributed by atoms with van der Waals surface area (Å²) < 4.78 is 0. The molecule has 0 aliphatic heterocycles. The van der Waals surface area contributed by atoms with Gasteiger partial charge in [-0.1, -0.05) is 65.4 Å². The molecule has 0 N–H and O–H groups in total. The Kier molecular flexibility index (Phi) is 6.70. The van der Waals surface area contributed by atoms with Gasteiger partial charge in [0.25, 0.3) is 0 Å². The normalized spacial score (nSPS) is 10.9. The number of unbranched alkanes of at least 4 members (excludes halogenated alkanes) is 5. The van der Waals surface area contributed by atoms with Gasteiger partial charge in [0.1, 0.15) is 0 Å². The van der Waals surface area contributed by atoms with Crippen molar-refractivity contribution in [2.24, 2.45) is 0 Å². The fraction of sp³-hybridized carbons (Fsp3) is 0.615. The van der Waals surface area contributed by atoms with E-state index in [1.54, 1.807) is 5.30 Å². The van der Waals surface area contributed by atoms with Crippen LogP contribution in [0.4, 0.5) is 0 Å². The molecule has 1 aromatic rings. The largest absolute Gasteiger partial charge is 0.0729 e. The summed E-state index contributed by atoms with van der Waals surface area (Å²) in [4.78, 5) is 0. The molecule has 0 radical (unpaired) electrons. The molecular formula is C13H21P. The van der Waals surface area contributed by atoms with Crippen molar-refractivity contribution in [1.82, 2.24) is 0 Å². The fourth-order valence-electron chi connectivity index (χ4n) is 1.63. The second-order valence-corrected chi connectivity index (χ2v) is 4.97. The molecule has 0 fully saturated rings. The maximum atomic E-state index is 2.27. The third-order valence-corrected chi connectivity index (χ3v) is 3.54. The van der Waals surface area contributed by atoms with Gasteiger partial charge in [0, 0.05) is 0 Å². The Morgan fingerprint density at radius 2 is 1.79 bits per heavy atom. The van der Waals surface area contributed by atoms with Gasteiger partial charge in [-0.05, 0) is 23.9 Å². The molecule has 0 saturated carbocycles. The molecule has 0 aromatic carbocycles. The van der Waals surface area contributed by atoms with Gasteiger partial charge in [0.05, 0.1) is 0 Å². The van der Waals surface area contributed by atoms with Crippen molar-refractivity contribution in [1.29, 1.82) is 0 Å². The molecule has 0 unspecified atom stereocenters. The summed E-state index contributed by atoms with van der Waals surface area (Å²) in [6.07, 6.45) is 9.72. The van der Waals surface area contributed by atoms with E-state index < -0.39 is 0 Å². The van der Waals surface area contributed by atoms with E-state index in [4.69, 9.17) is 0 Å². The molecule has 0 aliphatic rings. The molecule has 0 amide bonds. The Balaban J connectivity index is 1.99. The molecule has 0 aliphatic carbocycles. The molecule has 0 bridgehead atoms. The summed E-state index contributed by atoms with van der Waals surface area (Å²) in [6, 6.07) is 6.56. The molecule has 0 atom stereocenters. The molecular weight excluding hydrogens is 187 g/mol. The summed E-state index contributed by atoms with van der Waals surface area (Å²) in [7, 11) is 1.42. The van der Waals surface area contributed by atoms with Crippen molar-refractivity contribution in [3.8, 4) is 0 Å². The van der Waals surface area contributed by atoms with Crippen molar-refractivity contribution >= 4 is 8.19 Å². The first kappa shape index (κ1) is 11.7. The van der Waals surface area contributed by atoms with Gasteiger partial charge < -0.3 is 0 Å². The van der Waals surface area contributed by atoms with Crippen LogP contribution in [0, 0.1) is 0 Å². The second-order valence-electron chi connectivity index (χ2n) is 3.84. The Morgan fingerprint density at radius 1 is 1.00 bits per heavy atom. The van der Waals surface area contributed by atoms with E-state index in [9.17, 15) is 0 Å². The van der Waals surface area contributed by atoms with Crippen LogP contribution in [0.25, 0.3) is 0 Å². The molecule has 0 nitrogen and oxygen atoms in total. The first-order chi connectivity index (χ1) is 6.93. The van der Waals surface area contributed by atoms with Crippen LogP contribution in [0.1, 0.15) is 50.7 Å². The van der Waals surface area contributed by atoms with Crippen LogP contribution >= 0.6 is 8.19 Å². The third-order valence-electron chi connectivity index (χ3n) is 2.51. The average Bonchev–Trinajstić information content (AvgIpc) is 2.25. The summed E-state index contributed by atoms with van der Waals surface area (Å²) in [6.45, 7) is 2.27. The van der Waals surface area contributed by atoms with Crippen LogP contribution < -0.4 is 0 Å². The van der Waals surface area contributed by atoms with Crippen LogP contribution in [-0.2, 0) is 6.42 Å². The van der Waals surface area contributed by atoms with Crippen molar-refractivity contribution in [2.45, 2.75) is 51.9 Å². The first-order valence-electron chi connectivity index (χ1n) is 5.83. The molecule has 1 heteroatoms. The lowest BCUT2D eigenvalue weighted by molar-refractivity contribution is 0.609. The van der Waals surface area contributed by atoms with Gasteiger partial charge >= 0.3 is 0 Å². The summed E-state index contributed by atoms with van der Waals surface area (Å²) in [5, 5.41) is 1.59. The van der Waals surface area contributed by atoms with Gasteiger partial charge in [-0.25, -0.2) is 0 Å². The van der Waals surface area contributed by atoms with E-state index >= 15 is 0 Å². The van der Waals surface area contributed by atoms with Crippen LogP contribution in [0.15, 0.2) is 24.0 Å². The van der Waals surface area contributed by atoms with Crippen molar-refractivity contribution in [3.05, 3.63) is 29.3 Å². The minimum absolute atomic E-state index is 1.30. The highest BCUT2D eigenvalue weighted by Gasteiger charge is 1.92. The fourth-order valence-corrected chi connectivity index (χ4v) is 2.47. The van der Waals surface area contributed by atoms with E-state index in [2.05, 4.69) is 30.9 Å². The Bertz CT molecular complexity index is 218. The second kappa shape index (κ2) is 8.00. The monoisotopic (exact) mass is 208 g/mol. The number of rotatable bonds is 7. The predicted molar refractivity (Wildman–Crippen MR) is 66.0 cm³/mol. The van der Waals surface area contributed by atoms with Crippen molar-refractivity contribution in [2.75, 3.05) is 0 Å². The minimum atomic E-state index is 1.30. The van der Waals surface area contributed by atoms with E-state index in [1.165, 1.54) is 53.1 Å². The Hall–Kier alpha value is -0.350. The Labute approximate surface area is 89.8 Å². The highest BCUT2D eigenvalue weighted by atomic mass is 31.0. The highest BCUT2D eigenvalue weighted by molar-refractivity contribution is 7.29. The van der Waals surface area contributed by atoms with Gasteiger partial charge in [0.15, 0.2) is 0 Å². The molecule has 1 rings (SSSR count). The molecule has 0 spiro atoms. The van der Waals surface area contributed by atoms with Gasteiger partial charge in [-0.3, -0.25) is 0 Å². The first-order valence-corrected chi connectivity index (χ1v) is 6.79. The zero-order chi connectivity index (χ0) is 10.1. The number of hydrogen-bond donors (Lipinski definition) is 0. The van der Waals surface area contributed by atoms with E-state index in [0.717, 1.165) is 0 Å². The predicted octanol–water partition coefficient (Wildman–Crippen LogP) is 5.17. The summed E-state index contributed by atoms with van der Waals surface area (Å²) >= 11 is 0. The van der Waals surface area contributed by atoms with Crippen LogP contribution in [0.2, 0.25) is 0 Å². The van der Waals surface area contributed by atoms with Crippen molar-refractivity contribution in [3.63, 3.8) is 0 Å². The van der Waals surface area contributed by atoms with Crippen LogP contribution in [-0.4, -0.2) is 0 Å². The van der Waals surface area contributed by atoms with E-state index in [1.807, 2.05) is 0 Å². The smallest absolute Gasteiger partial charge is 0.0206 e. The Morgan fingerprint density at radius 3 is 2.50 bits per heavy atom. The molecule has 14 heavy (non-hydrogen) atoms. The molecule has 1 aromatic heterocycles. The van der Waals surface area contributed by atoms with Gasteiger partial charge in [-0.15, -0.1) is 0 Å².